The van der Waals surface area contributed by atoms with Crippen LogP contribution >= 0.6 is 15.9 Å². The van der Waals surface area contributed by atoms with Gasteiger partial charge in [0.25, 0.3) is 0 Å². The summed E-state index contributed by atoms with van der Waals surface area (Å²) in [7, 11) is 0. The third-order valence-electron chi connectivity index (χ3n) is 2.89. The Balaban J connectivity index is 2.09. The van der Waals surface area contributed by atoms with E-state index in [-0.39, 0.29) is 6.61 Å². The molecule has 3 heteroatoms. The van der Waals surface area contributed by atoms with Crippen molar-refractivity contribution in [2.24, 2.45) is 0 Å². The number of rotatable bonds is 4. The molecular weight excluding hydrogens is 290 g/mol. The zero-order valence-electron chi connectivity index (χ0n) is 10.3. The highest BCUT2D eigenvalue weighted by Gasteiger charge is 2.01. The first-order chi connectivity index (χ1) is 8.70. The van der Waals surface area contributed by atoms with Crippen LogP contribution in [-0.4, -0.2) is 5.11 Å². The number of hydrogen-bond acceptors (Lipinski definition) is 2. The number of hydrogen-bond donors (Lipinski definition) is 2. The predicted molar refractivity (Wildman–Crippen MR) is 78.6 cm³/mol. The second-order valence-electron chi connectivity index (χ2n) is 4.25. The molecule has 0 aliphatic heterocycles. The fraction of sp³-hybridized carbons (Fsp3) is 0.200. The van der Waals surface area contributed by atoms with E-state index in [9.17, 15) is 5.11 Å². The molecule has 0 radical (unpaired) electrons. The second-order valence-corrected chi connectivity index (χ2v) is 5.11. The average molecular weight is 306 g/mol. The molecule has 0 saturated carbocycles. The lowest BCUT2D eigenvalue weighted by molar-refractivity contribution is 0.282. The van der Waals surface area contributed by atoms with Gasteiger partial charge in [-0.15, -0.1) is 0 Å². The number of para-hydroxylation sites is 1. The van der Waals surface area contributed by atoms with Crippen molar-refractivity contribution in [3.05, 3.63) is 63.6 Å². The summed E-state index contributed by atoms with van der Waals surface area (Å²) in [4.78, 5) is 0. The van der Waals surface area contributed by atoms with Gasteiger partial charge < -0.3 is 10.4 Å². The summed E-state index contributed by atoms with van der Waals surface area (Å²) in [5, 5.41) is 12.6. The third kappa shape index (κ3) is 3.12. The maximum absolute atomic E-state index is 9.25. The van der Waals surface area contributed by atoms with Crippen LogP contribution in [0.4, 0.5) is 5.69 Å². The van der Waals surface area contributed by atoms with Gasteiger partial charge in [-0.2, -0.15) is 0 Å². The van der Waals surface area contributed by atoms with Gasteiger partial charge in [0.15, 0.2) is 0 Å². The zero-order valence-corrected chi connectivity index (χ0v) is 11.9. The molecule has 0 saturated heterocycles. The van der Waals surface area contributed by atoms with Crippen molar-refractivity contribution in [2.75, 3.05) is 5.32 Å². The molecule has 0 atom stereocenters. The fourth-order valence-electron chi connectivity index (χ4n) is 1.84. The van der Waals surface area contributed by atoms with Crippen molar-refractivity contribution < 1.29 is 5.11 Å². The minimum Gasteiger partial charge on any atom is -0.392 e. The SMILES string of the molecule is Cc1cc(CNc2ccccc2CO)ccc1Br. The second kappa shape index (κ2) is 6.03. The van der Waals surface area contributed by atoms with Crippen LogP contribution < -0.4 is 5.32 Å². The molecule has 0 amide bonds. The highest BCUT2D eigenvalue weighted by atomic mass is 79.9. The van der Waals surface area contributed by atoms with Gasteiger partial charge in [0.1, 0.15) is 0 Å². The molecule has 0 fully saturated rings. The van der Waals surface area contributed by atoms with E-state index in [0.29, 0.717) is 0 Å². The van der Waals surface area contributed by atoms with Crippen LogP contribution in [0, 0.1) is 6.92 Å². The lowest BCUT2D eigenvalue weighted by atomic mass is 10.1. The lowest BCUT2D eigenvalue weighted by Crippen LogP contribution is -2.02. The van der Waals surface area contributed by atoms with Crippen molar-refractivity contribution >= 4 is 21.6 Å². The van der Waals surface area contributed by atoms with Gasteiger partial charge >= 0.3 is 0 Å². The van der Waals surface area contributed by atoms with Gasteiger partial charge in [-0.05, 0) is 30.2 Å². The topological polar surface area (TPSA) is 32.3 Å². The van der Waals surface area contributed by atoms with Crippen molar-refractivity contribution in [3.8, 4) is 0 Å². The van der Waals surface area contributed by atoms with E-state index in [1.54, 1.807) is 0 Å². The first-order valence-corrected chi connectivity index (χ1v) is 6.67. The molecule has 0 unspecified atom stereocenters. The van der Waals surface area contributed by atoms with Crippen LogP contribution in [0.5, 0.6) is 0 Å². The van der Waals surface area contributed by atoms with Crippen LogP contribution in [0.2, 0.25) is 0 Å². The number of nitrogens with one attached hydrogen (secondary N) is 1. The molecule has 0 aliphatic carbocycles. The van der Waals surface area contributed by atoms with Crippen molar-refractivity contribution in [1.29, 1.82) is 0 Å². The van der Waals surface area contributed by atoms with Crippen LogP contribution in [0.3, 0.4) is 0 Å². The van der Waals surface area contributed by atoms with E-state index in [1.807, 2.05) is 24.3 Å². The Hall–Kier alpha value is -1.32. The van der Waals surface area contributed by atoms with Gasteiger partial charge in [-0.1, -0.05) is 46.3 Å². The minimum atomic E-state index is 0.0581. The first kappa shape index (κ1) is 13.1. The lowest BCUT2D eigenvalue weighted by Gasteiger charge is -2.11. The number of halogens is 1. The molecule has 2 aromatic rings. The van der Waals surface area contributed by atoms with E-state index in [2.05, 4.69) is 46.4 Å². The number of aryl methyl sites for hydroxylation is 1. The van der Waals surface area contributed by atoms with E-state index in [4.69, 9.17) is 0 Å². The van der Waals surface area contributed by atoms with Crippen molar-refractivity contribution in [3.63, 3.8) is 0 Å². The molecular formula is C15H16BrNO. The number of aliphatic hydroxyl groups is 1. The predicted octanol–water partition coefficient (Wildman–Crippen LogP) is 3.86. The number of aliphatic hydroxyl groups excluding tert-OH is 1. The van der Waals surface area contributed by atoms with E-state index < -0.39 is 0 Å². The van der Waals surface area contributed by atoms with Crippen LogP contribution in [-0.2, 0) is 13.2 Å². The molecule has 94 valence electrons. The molecule has 0 aromatic heterocycles. The Labute approximate surface area is 116 Å². The number of benzene rings is 2. The Kier molecular flexibility index (Phi) is 4.39. The molecule has 0 spiro atoms. The largest absolute Gasteiger partial charge is 0.392 e. The maximum Gasteiger partial charge on any atom is 0.0701 e. The Morgan fingerprint density at radius 2 is 1.94 bits per heavy atom. The quantitative estimate of drug-likeness (QED) is 0.899. The molecule has 0 heterocycles. The smallest absolute Gasteiger partial charge is 0.0701 e. The normalized spacial score (nSPS) is 10.4. The molecule has 0 aliphatic rings. The van der Waals surface area contributed by atoms with Gasteiger partial charge in [0, 0.05) is 22.3 Å². The zero-order chi connectivity index (χ0) is 13.0. The standard InChI is InChI=1S/C15H16BrNO/c1-11-8-12(6-7-14(11)16)9-17-15-5-3-2-4-13(15)10-18/h2-8,17-18H,9-10H2,1H3. The maximum atomic E-state index is 9.25. The Bertz CT molecular complexity index is 540. The summed E-state index contributed by atoms with van der Waals surface area (Å²) in [6, 6.07) is 14.1. The monoisotopic (exact) mass is 305 g/mol. The van der Waals surface area contributed by atoms with Gasteiger partial charge in [0.2, 0.25) is 0 Å². The molecule has 2 N–H and O–H groups in total. The van der Waals surface area contributed by atoms with Crippen LogP contribution in [0.15, 0.2) is 46.9 Å². The van der Waals surface area contributed by atoms with Crippen molar-refractivity contribution in [2.45, 2.75) is 20.1 Å². The van der Waals surface area contributed by atoms with Gasteiger partial charge in [0.05, 0.1) is 6.61 Å². The van der Waals surface area contributed by atoms with E-state index >= 15 is 0 Å². The number of anilines is 1. The third-order valence-corrected chi connectivity index (χ3v) is 3.78. The van der Waals surface area contributed by atoms with Crippen LogP contribution in [0.25, 0.3) is 0 Å². The first-order valence-electron chi connectivity index (χ1n) is 5.88. The summed E-state index contributed by atoms with van der Waals surface area (Å²) in [5.74, 6) is 0. The molecule has 0 bridgehead atoms. The molecule has 2 nitrogen and oxygen atoms in total. The van der Waals surface area contributed by atoms with Gasteiger partial charge in [-0.3, -0.25) is 0 Å². The minimum absolute atomic E-state index is 0.0581. The summed E-state index contributed by atoms with van der Waals surface area (Å²) >= 11 is 3.49. The fourth-order valence-corrected chi connectivity index (χ4v) is 2.09. The Morgan fingerprint density at radius 3 is 2.67 bits per heavy atom. The molecule has 2 aromatic carbocycles. The highest BCUT2D eigenvalue weighted by Crippen LogP contribution is 2.19. The van der Waals surface area contributed by atoms with Crippen LogP contribution in [0.1, 0.15) is 16.7 Å². The summed E-state index contributed by atoms with van der Waals surface area (Å²) in [5.41, 5.74) is 4.36. The van der Waals surface area contributed by atoms with Gasteiger partial charge in [-0.25, -0.2) is 0 Å². The van der Waals surface area contributed by atoms with Crippen molar-refractivity contribution in [1.82, 2.24) is 0 Å². The highest BCUT2D eigenvalue weighted by molar-refractivity contribution is 9.10. The molecule has 18 heavy (non-hydrogen) atoms. The van der Waals surface area contributed by atoms with E-state index in [1.165, 1.54) is 11.1 Å². The summed E-state index contributed by atoms with van der Waals surface area (Å²) < 4.78 is 1.13. The average Bonchev–Trinajstić information content (AvgIpc) is 2.40. The Morgan fingerprint density at radius 1 is 1.17 bits per heavy atom. The summed E-state index contributed by atoms with van der Waals surface area (Å²) in [6.07, 6.45) is 0. The molecule has 2 rings (SSSR count). The summed E-state index contributed by atoms with van der Waals surface area (Å²) in [6.45, 7) is 2.89. The van der Waals surface area contributed by atoms with E-state index in [0.717, 1.165) is 22.3 Å².